The number of rotatable bonds is 2. The van der Waals surface area contributed by atoms with Gasteiger partial charge in [-0.25, -0.2) is 4.98 Å². The number of aryl methyl sites for hydroxylation is 1. The van der Waals surface area contributed by atoms with Gasteiger partial charge in [-0.2, -0.15) is 0 Å². The second kappa shape index (κ2) is 4.58. The molecule has 0 saturated carbocycles. The molecule has 0 atom stereocenters. The van der Waals surface area contributed by atoms with Crippen LogP contribution >= 0.6 is 11.6 Å². The fourth-order valence-electron chi connectivity index (χ4n) is 2.51. The third-order valence-corrected chi connectivity index (χ3v) is 3.55. The van der Waals surface area contributed by atoms with E-state index in [4.69, 9.17) is 11.6 Å². The van der Waals surface area contributed by atoms with Gasteiger partial charge in [-0.1, -0.05) is 23.7 Å². The fraction of sp³-hybridized carbons (Fsp3) is 0.286. The van der Waals surface area contributed by atoms with Gasteiger partial charge in [0.05, 0.1) is 12.2 Å². The van der Waals surface area contributed by atoms with Crippen molar-refractivity contribution in [1.82, 2.24) is 9.55 Å². The summed E-state index contributed by atoms with van der Waals surface area (Å²) >= 11 is 5.87. The van der Waals surface area contributed by atoms with Crippen molar-refractivity contribution in [2.75, 3.05) is 0 Å². The van der Waals surface area contributed by atoms with Crippen LogP contribution in [0.4, 0.5) is 0 Å². The molecule has 0 radical (unpaired) electrons. The van der Waals surface area contributed by atoms with E-state index in [1.807, 2.05) is 22.8 Å². The van der Waals surface area contributed by atoms with E-state index in [0.29, 0.717) is 11.7 Å². The lowest BCUT2D eigenvalue weighted by atomic mass is 10.2. The first-order chi connectivity index (χ1) is 8.74. The van der Waals surface area contributed by atoms with Crippen molar-refractivity contribution < 1.29 is 0 Å². The van der Waals surface area contributed by atoms with Crippen LogP contribution in [-0.4, -0.2) is 9.55 Å². The highest BCUT2D eigenvalue weighted by atomic mass is 35.5. The molecule has 0 amide bonds. The van der Waals surface area contributed by atoms with Gasteiger partial charge in [-0.3, -0.25) is 4.79 Å². The van der Waals surface area contributed by atoms with Gasteiger partial charge in [0.25, 0.3) is 5.56 Å². The first-order valence-corrected chi connectivity index (χ1v) is 6.45. The molecule has 18 heavy (non-hydrogen) atoms. The molecule has 0 fully saturated rings. The molecule has 3 rings (SSSR count). The minimum Gasteiger partial charge on any atom is -0.306 e. The third-order valence-electron chi connectivity index (χ3n) is 3.34. The lowest BCUT2D eigenvalue weighted by molar-refractivity contribution is 0.693. The van der Waals surface area contributed by atoms with Gasteiger partial charge in [0.15, 0.2) is 0 Å². The van der Waals surface area contributed by atoms with Crippen LogP contribution in [0.5, 0.6) is 0 Å². The molecule has 4 heteroatoms. The van der Waals surface area contributed by atoms with Crippen LogP contribution in [0.2, 0.25) is 5.15 Å². The van der Waals surface area contributed by atoms with E-state index in [1.165, 1.54) is 5.56 Å². The minimum absolute atomic E-state index is 0.0393. The molecule has 0 bridgehead atoms. The summed E-state index contributed by atoms with van der Waals surface area (Å²) in [4.78, 5) is 16.2. The van der Waals surface area contributed by atoms with Gasteiger partial charge < -0.3 is 4.57 Å². The quantitative estimate of drug-likeness (QED) is 0.778. The highest BCUT2D eigenvalue weighted by Crippen LogP contribution is 2.20. The Morgan fingerprint density at radius 1 is 1.22 bits per heavy atom. The maximum atomic E-state index is 12.0. The Morgan fingerprint density at radius 2 is 2.11 bits per heavy atom. The lowest BCUT2D eigenvalue weighted by Crippen LogP contribution is -2.23. The monoisotopic (exact) mass is 260 g/mol. The average Bonchev–Trinajstić information content (AvgIpc) is 2.81. The van der Waals surface area contributed by atoms with Crippen LogP contribution in [0.25, 0.3) is 0 Å². The molecule has 92 valence electrons. The number of halogens is 1. The Bertz CT molecular complexity index is 648. The Balaban J connectivity index is 2.03. The van der Waals surface area contributed by atoms with Gasteiger partial charge in [-0.15, -0.1) is 0 Å². The van der Waals surface area contributed by atoms with Gasteiger partial charge in [0, 0.05) is 11.8 Å². The van der Waals surface area contributed by atoms with Crippen molar-refractivity contribution in [3.05, 3.63) is 62.8 Å². The summed E-state index contributed by atoms with van der Waals surface area (Å²) in [5.41, 5.74) is 3.31. The Morgan fingerprint density at radius 3 is 2.94 bits per heavy atom. The molecule has 1 aliphatic rings. The van der Waals surface area contributed by atoms with Crippen molar-refractivity contribution in [3.8, 4) is 0 Å². The smallest absolute Gasteiger partial charge is 0.251 e. The summed E-state index contributed by atoms with van der Waals surface area (Å²) in [6.45, 7) is 0.503. The Kier molecular flexibility index (Phi) is 2.92. The van der Waals surface area contributed by atoms with Crippen molar-refractivity contribution >= 4 is 11.6 Å². The second-order valence-electron chi connectivity index (χ2n) is 4.53. The summed E-state index contributed by atoms with van der Waals surface area (Å²) < 4.78 is 1.82. The van der Waals surface area contributed by atoms with Gasteiger partial charge in [0.1, 0.15) is 5.15 Å². The molecule has 0 spiro atoms. The normalized spacial score (nSPS) is 13.6. The summed E-state index contributed by atoms with van der Waals surface area (Å²) in [5, 5.41) is 0.466. The zero-order chi connectivity index (χ0) is 12.5. The van der Waals surface area contributed by atoms with Crippen molar-refractivity contribution in [1.29, 1.82) is 0 Å². The number of fused-ring (bicyclic) bond motifs is 1. The van der Waals surface area contributed by atoms with Crippen molar-refractivity contribution in [2.24, 2.45) is 0 Å². The maximum Gasteiger partial charge on any atom is 0.251 e. The molecule has 0 unspecified atom stereocenters. The highest BCUT2D eigenvalue weighted by Gasteiger charge is 2.16. The minimum atomic E-state index is 0.0393. The van der Waals surface area contributed by atoms with Gasteiger partial charge in [-0.05, 0) is 37.0 Å². The number of aromatic nitrogens is 2. The largest absolute Gasteiger partial charge is 0.306 e. The van der Waals surface area contributed by atoms with Crippen LogP contribution < -0.4 is 5.56 Å². The summed E-state index contributed by atoms with van der Waals surface area (Å²) in [6, 6.07) is 9.09. The SMILES string of the molecule is O=c1ccc2c(n1Cc1cccc(Cl)n1)CCC2. The molecule has 2 heterocycles. The summed E-state index contributed by atoms with van der Waals surface area (Å²) in [7, 11) is 0. The van der Waals surface area contributed by atoms with E-state index in [2.05, 4.69) is 4.98 Å². The number of nitrogens with zero attached hydrogens (tertiary/aromatic N) is 2. The van der Waals surface area contributed by atoms with E-state index >= 15 is 0 Å². The predicted octanol–water partition coefficient (Wildman–Crippen LogP) is 2.43. The second-order valence-corrected chi connectivity index (χ2v) is 4.92. The molecule has 0 aliphatic heterocycles. The first-order valence-electron chi connectivity index (χ1n) is 6.07. The zero-order valence-corrected chi connectivity index (χ0v) is 10.7. The molecule has 2 aromatic rings. The van der Waals surface area contributed by atoms with Gasteiger partial charge >= 0.3 is 0 Å². The zero-order valence-electron chi connectivity index (χ0n) is 9.90. The highest BCUT2D eigenvalue weighted by molar-refractivity contribution is 6.29. The summed E-state index contributed by atoms with van der Waals surface area (Å²) in [6.07, 6.45) is 3.17. The number of hydrogen-bond acceptors (Lipinski definition) is 2. The molecule has 2 aromatic heterocycles. The average molecular weight is 261 g/mol. The molecular formula is C14H13ClN2O. The standard InChI is InChI=1S/C14H13ClN2O/c15-13-6-2-4-11(16-13)9-17-12-5-1-3-10(12)7-8-14(17)18/h2,4,6-8H,1,3,5,9H2. The van der Waals surface area contributed by atoms with Crippen LogP contribution in [0, 0.1) is 0 Å². The molecule has 1 aliphatic carbocycles. The van der Waals surface area contributed by atoms with E-state index in [0.717, 1.165) is 30.7 Å². The Labute approximate surface area is 110 Å². The van der Waals surface area contributed by atoms with E-state index in [-0.39, 0.29) is 5.56 Å². The van der Waals surface area contributed by atoms with E-state index < -0.39 is 0 Å². The van der Waals surface area contributed by atoms with Crippen LogP contribution in [-0.2, 0) is 19.4 Å². The van der Waals surface area contributed by atoms with E-state index in [1.54, 1.807) is 12.1 Å². The molecule has 0 saturated heterocycles. The number of pyridine rings is 2. The molecule has 3 nitrogen and oxygen atoms in total. The van der Waals surface area contributed by atoms with Crippen LogP contribution in [0.3, 0.4) is 0 Å². The fourth-order valence-corrected chi connectivity index (χ4v) is 2.69. The third kappa shape index (κ3) is 2.06. The number of hydrogen-bond donors (Lipinski definition) is 0. The van der Waals surface area contributed by atoms with Gasteiger partial charge in [0.2, 0.25) is 0 Å². The van der Waals surface area contributed by atoms with Crippen molar-refractivity contribution in [2.45, 2.75) is 25.8 Å². The van der Waals surface area contributed by atoms with Crippen LogP contribution in [0.1, 0.15) is 23.4 Å². The topological polar surface area (TPSA) is 34.9 Å². The van der Waals surface area contributed by atoms with E-state index in [9.17, 15) is 4.79 Å². The maximum absolute atomic E-state index is 12.0. The predicted molar refractivity (Wildman–Crippen MR) is 71.1 cm³/mol. The Hall–Kier alpha value is -1.61. The first kappa shape index (κ1) is 11.5. The van der Waals surface area contributed by atoms with Crippen molar-refractivity contribution in [3.63, 3.8) is 0 Å². The molecule has 0 N–H and O–H groups in total. The summed E-state index contributed by atoms with van der Waals surface area (Å²) in [5.74, 6) is 0. The lowest BCUT2D eigenvalue weighted by Gasteiger charge is -2.11. The van der Waals surface area contributed by atoms with Crippen LogP contribution in [0.15, 0.2) is 35.1 Å². The molecular weight excluding hydrogens is 248 g/mol. The molecule has 0 aromatic carbocycles.